The third kappa shape index (κ3) is 4.04. The lowest BCUT2D eigenvalue weighted by Gasteiger charge is -2.02. The Labute approximate surface area is 94.4 Å². The summed E-state index contributed by atoms with van der Waals surface area (Å²) >= 11 is 0. The SMILES string of the molecule is CCOC=CC(=O)Oc1ccc(OC)cc1. The van der Waals surface area contributed by atoms with Crippen LogP contribution in [-0.4, -0.2) is 19.7 Å². The highest BCUT2D eigenvalue weighted by molar-refractivity contribution is 5.83. The summed E-state index contributed by atoms with van der Waals surface area (Å²) in [4.78, 5) is 11.2. The molecule has 86 valence electrons. The maximum atomic E-state index is 11.2. The highest BCUT2D eigenvalue weighted by atomic mass is 16.5. The van der Waals surface area contributed by atoms with E-state index >= 15 is 0 Å². The maximum Gasteiger partial charge on any atom is 0.339 e. The largest absolute Gasteiger partial charge is 0.501 e. The predicted molar refractivity (Wildman–Crippen MR) is 59.4 cm³/mol. The lowest BCUT2D eigenvalue weighted by Crippen LogP contribution is -2.03. The van der Waals surface area contributed by atoms with E-state index in [4.69, 9.17) is 14.2 Å². The zero-order valence-electron chi connectivity index (χ0n) is 9.30. The second-order valence-electron chi connectivity index (χ2n) is 2.85. The summed E-state index contributed by atoms with van der Waals surface area (Å²) in [7, 11) is 1.58. The molecule has 0 aliphatic heterocycles. The van der Waals surface area contributed by atoms with Gasteiger partial charge in [-0.2, -0.15) is 0 Å². The minimum atomic E-state index is -0.474. The molecule has 0 aliphatic rings. The highest BCUT2D eigenvalue weighted by Crippen LogP contribution is 2.17. The average Bonchev–Trinajstić information content (AvgIpc) is 2.30. The summed E-state index contributed by atoms with van der Waals surface area (Å²) in [6.07, 6.45) is 2.54. The molecule has 0 unspecified atom stereocenters. The molecule has 0 aliphatic carbocycles. The summed E-state index contributed by atoms with van der Waals surface area (Å²) in [5.41, 5.74) is 0. The number of methoxy groups -OCH3 is 1. The van der Waals surface area contributed by atoms with Crippen LogP contribution >= 0.6 is 0 Å². The summed E-state index contributed by atoms with van der Waals surface area (Å²) in [6.45, 7) is 2.35. The smallest absolute Gasteiger partial charge is 0.339 e. The minimum Gasteiger partial charge on any atom is -0.501 e. The number of hydrogen-bond acceptors (Lipinski definition) is 4. The van der Waals surface area contributed by atoms with Crippen LogP contribution in [0.2, 0.25) is 0 Å². The van der Waals surface area contributed by atoms with E-state index in [0.717, 1.165) is 0 Å². The van der Waals surface area contributed by atoms with Crippen molar-refractivity contribution >= 4 is 5.97 Å². The van der Waals surface area contributed by atoms with Gasteiger partial charge in [-0.05, 0) is 31.2 Å². The molecule has 0 bridgehead atoms. The van der Waals surface area contributed by atoms with Crippen molar-refractivity contribution in [1.29, 1.82) is 0 Å². The highest BCUT2D eigenvalue weighted by Gasteiger charge is 2.00. The molecule has 0 fully saturated rings. The van der Waals surface area contributed by atoms with Gasteiger partial charge < -0.3 is 14.2 Å². The Morgan fingerprint density at radius 3 is 2.44 bits per heavy atom. The molecule has 1 aromatic rings. The molecule has 0 aromatic heterocycles. The number of carbonyl (C=O) groups is 1. The van der Waals surface area contributed by atoms with Crippen molar-refractivity contribution in [2.75, 3.05) is 13.7 Å². The Bertz CT molecular complexity index is 354. The first-order valence-electron chi connectivity index (χ1n) is 4.90. The first-order valence-corrected chi connectivity index (χ1v) is 4.90. The van der Waals surface area contributed by atoms with Gasteiger partial charge in [0.1, 0.15) is 11.5 Å². The minimum absolute atomic E-state index is 0.465. The van der Waals surface area contributed by atoms with E-state index in [1.807, 2.05) is 6.92 Å². The van der Waals surface area contributed by atoms with Crippen LogP contribution in [0.1, 0.15) is 6.92 Å². The van der Waals surface area contributed by atoms with Crippen molar-refractivity contribution in [3.63, 3.8) is 0 Å². The van der Waals surface area contributed by atoms with Gasteiger partial charge in [-0.25, -0.2) is 4.79 Å². The molecule has 4 nitrogen and oxygen atoms in total. The number of esters is 1. The summed E-state index contributed by atoms with van der Waals surface area (Å²) in [5, 5.41) is 0. The van der Waals surface area contributed by atoms with Crippen LogP contribution in [0.15, 0.2) is 36.6 Å². The van der Waals surface area contributed by atoms with Crippen molar-refractivity contribution in [2.45, 2.75) is 6.92 Å². The summed E-state index contributed by atoms with van der Waals surface area (Å²) in [5.74, 6) is 0.704. The molecule has 0 radical (unpaired) electrons. The molecule has 0 atom stereocenters. The normalized spacial score (nSPS) is 10.1. The molecule has 0 heterocycles. The van der Waals surface area contributed by atoms with E-state index in [0.29, 0.717) is 18.1 Å². The molecule has 0 saturated carbocycles. The zero-order valence-corrected chi connectivity index (χ0v) is 9.30. The molecular weight excluding hydrogens is 208 g/mol. The van der Waals surface area contributed by atoms with Gasteiger partial charge in [0.2, 0.25) is 0 Å². The van der Waals surface area contributed by atoms with E-state index in [-0.39, 0.29) is 0 Å². The second-order valence-corrected chi connectivity index (χ2v) is 2.85. The number of hydrogen-bond donors (Lipinski definition) is 0. The number of carbonyl (C=O) groups excluding carboxylic acids is 1. The van der Waals surface area contributed by atoms with Gasteiger partial charge in [-0.3, -0.25) is 0 Å². The zero-order chi connectivity index (χ0) is 11.8. The van der Waals surface area contributed by atoms with Crippen molar-refractivity contribution in [3.05, 3.63) is 36.6 Å². The average molecular weight is 222 g/mol. The third-order valence-corrected chi connectivity index (χ3v) is 1.74. The van der Waals surface area contributed by atoms with Crippen LogP contribution in [-0.2, 0) is 9.53 Å². The van der Waals surface area contributed by atoms with E-state index in [9.17, 15) is 4.79 Å². The Morgan fingerprint density at radius 1 is 1.25 bits per heavy atom. The Kier molecular flexibility index (Phi) is 4.92. The van der Waals surface area contributed by atoms with Gasteiger partial charge in [0, 0.05) is 0 Å². The van der Waals surface area contributed by atoms with Gasteiger partial charge >= 0.3 is 5.97 Å². The van der Waals surface area contributed by atoms with Crippen LogP contribution in [0, 0.1) is 0 Å². The molecule has 0 N–H and O–H groups in total. The van der Waals surface area contributed by atoms with E-state index in [2.05, 4.69) is 0 Å². The Balaban J connectivity index is 2.49. The van der Waals surface area contributed by atoms with Gasteiger partial charge in [-0.1, -0.05) is 0 Å². The lowest BCUT2D eigenvalue weighted by molar-refractivity contribution is -0.129. The second kappa shape index (κ2) is 6.50. The summed E-state index contributed by atoms with van der Waals surface area (Å²) in [6, 6.07) is 6.75. The van der Waals surface area contributed by atoms with Crippen LogP contribution in [0.25, 0.3) is 0 Å². The van der Waals surface area contributed by atoms with Crippen molar-refractivity contribution < 1.29 is 19.0 Å². The molecule has 0 amide bonds. The molecule has 1 aromatic carbocycles. The van der Waals surface area contributed by atoms with Crippen molar-refractivity contribution in [2.24, 2.45) is 0 Å². The fraction of sp³-hybridized carbons (Fsp3) is 0.250. The number of benzene rings is 1. The fourth-order valence-corrected chi connectivity index (χ4v) is 0.994. The first-order chi connectivity index (χ1) is 7.76. The molecule has 1 rings (SSSR count). The third-order valence-electron chi connectivity index (χ3n) is 1.74. The molecule has 4 heteroatoms. The van der Waals surface area contributed by atoms with Crippen molar-refractivity contribution in [3.8, 4) is 11.5 Å². The van der Waals surface area contributed by atoms with Crippen LogP contribution in [0.4, 0.5) is 0 Å². The van der Waals surface area contributed by atoms with Gasteiger partial charge in [-0.15, -0.1) is 0 Å². The quantitative estimate of drug-likeness (QED) is 0.331. The van der Waals surface area contributed by atoms with Gasteiger partial charge in [0.25, 0.3) is 0 Å². The molecular formula is C12H14O4. The Hall–Kier alpha value is -1.97. The monoisotopic (exact) mass is 222 g/mol. The maximum absolute atomic E-state index is 11.2. The molecule has 16 heavy (non-hydrogen) atoms. The summed E-state index contributed by atoms with van der Waals surface area (Å²) < 4.78 is 14.9. The van der Waals surface area contributed by atoms with Crippen molar-refractivity contribution in [1.82, 2.24) is 0 Å². The van der Waals surface area contributed by atoms with Crippen LogP contribution in [0.5, 0.6) is 11.5 Å². The topological polar surface area (TPSA) is 44.8 Å². The van der Waals surface area contributed by atoms with Gasteiger partial charge in [0.15, 0.2) is 0 Å². The standard InChI is InChI=1S/C12H14O4/c1-3-15-9-8-12(13)16-11-6-4-10(14-2)5-7-11/h4-9H,3H2,1-2H3. The van der Waals surface area contributed by atoms with E-state index < -0.39 is 5.97 Å². The van der Waals surface area contributed by atoms with Crippen LogP contribution < -0.4 is 9.47 Å². The van der Waals surface area contributed by atoms with Gasteiger partial charge in [0.05, 0.1) is 26.1 Å². The predicted octanol–water partition coefficient (Wildman–Crippen LogP) is 2.15. The van der Waals surface area contributed by atoms with E-state index in [1.54, 1.807) is 31.4 Å². The fourth-order valence-electron chi connectivity index (χ4n) is 0.994. The van der Waals surface area contributed by atoms with Crippen LogP contribution in [0.3, 0.4) is 0 Å². The molecule has 0 spiro atoms. The number of rotatable bonds is 5. The first kappa shape index (κ1) is 12.1. The number of ether oxygens (including phenoxy) is 3. The Morgan fingerprint density at radius 2 is 1.88 bits per heavy atom. The van der Waals surface area contributed by atoms with E-state index in [1.165, 1.54) is 12.3 Å². The molecule has 0 saturated heterocycles. The lowest BCUT2D eigenvalue weighted by atomic mass is 10.3.